The molecule has 2 aliphatic rings. The van der Waals surface area contributed by atoms with Crippen molar-refractivity contribution in [2.24, 2.45) is 4.99 Å². The van der Waals surface area contributed by atoms with Crippen molar-refractivity contribution in [2.45, 2.75) is 63.6 Å². The van der Waals surface area contributed by atoms with E-state index in [9.17, 15) is 4.79 Å². The Labute approximate surface area is 185 Å². The summed E-state index contributed by atoms with van der Waals surface area (Å²) in [7, 11) is 1.80. The van der Waals surface area contributed by atoms with E-state index in [0.717, 1.165) is 31.0 Å². The Morgan fingerprint density at radius 3 is 2.68 bits per heavy atom. The van der Waals surface area contributed by atoms with E-state index in [1.165, 1.54) is 32.1 Å². The number of hydrogen-bond donors (Lipinski definition) is 3. The van der Waals surface area contributed by atoms with Gasteiger partial charge in [-0.3, -0.25) is 9.79 Å². The molecule has 0 bridgehead atoms. The molecule has 0 aromatic heterocycles. The van der Waals surface area contributed by atoms with Gasteiger partial charge in [0.2, 0.25) is 0 Å². The maximum absolute atomic E-state index is 12.4. The third-order valence-corrected chi connectivity index (χ3v) is 5.33. The Morgan fingerprint density at radius 2 is 1.96 bits per heavy atom. The molecule has 1 saturated carbocycles. The molecule has 0 radical (unpaired) electrons. The summed E-state index contributed by atoms with van der Waals surface area (Å²) >= 11 is 0. The van der Waals surface area contributed by atoms with Crippen molar-refractivity contribution in [2.75, 3.05) is 20.2 Å². The van der Waals surface area contributed by atoms with Gasteiger partial charge in [-0.1, -0.05) is 31.4 Å². The van der Waals surface area contributed by atoms with Gasteiger partial charge in [0.15, 0.2) is 5.96 Å². The zero-order valence-corrected chi connectivity index (χ0v) is 19.0. The van der Waals surface area contributed by atoms with Crippen LogP contribution in [0.4, 0.5) is 0 Å². The van der Waals surface area contributed by atoms with Crippen LogP contribution in [0.5, 0.6) is 0 Å². The summed E-state index contributed by atoms with van der Waals surface area (Å²) in [5, 5.41) is 9.85. The van der Waals surface area contributed by atoms with Gasteiger partial charge >= 0.3 is 0 Å². The van der Waals surface area contributed by atoms with Crippen LogP contribution in [0.1, 0.15) is 60.9 Å². The highest BCUT2D eigenvalue weighted by Gasteiger charge is 2.17. The number of carbonyl (C=O) groups excluding carboxylic acids is 1. The van der Waals surface area contributed by atoms with E-state index in [-0.39, 0.29) is 36.0 Å². The fourth-order valence-corrected chi connectivity index (χ4v) is 3.76. The topological polar surface area (TPSA) is 74.8 Å². The van der Waals surface area contributed by atoms with Crippen LogP contribution < -0.4 is 16.0 Å². The number of halogens is 1. The van der Waals surface area contributed by atoms with Crippen molar-refractivity contribution in [3.8, 4) is 0 Å². The number of aliphatic imine (C=N–C) groups is 1. The molecule has 3 N–H and O–H groups in total. The molecule has 1 unspecified atom stereocenters. The fraction of sp³-hybridized carbons (Fsp3) is 0.619. The Bertz CT molecular complexity index is 641. The molecule has 2 fully saturated rings. The van der Waals surface area contributed by atoms with Crippen molar-refractivity contribution >= 4 is 35.8 Å². The first-order chi connectivity index (χ1) is 13.2. The van der Waals surface area contributed by atoms with Crippen molar-refractivity contribution in [1.82, 2.24) is 16.0 Å². The largest absolute Gasteiger partial charge is 0.376 e. The highest BCUT2D eigenvalue weighted by molar-refractivity contribution is 14.0. The summed E-state index contributed by atoms with van der Waals surface area (Å²) in [5.74, 6) is 0.784. The highest BCUT2D eigenvalue weighted by Crippen LogP contribution is 2.17. The lowest BCUT2D eigenvalue weighted by Crippen LogP contribution is -2.43. The fourth-order valence-electron chi connectivity index (χ4n) is 3.76. The Hall–Kier alpha value is -1.35. The van der Waals surface area contributed by atoms with Gasteiger partial charge in [-0.05, 0) is 43.4 Å². The minimum atomic E-state index is -0.0444. The number of nitrogens with one attached hydrogen (secondary N) is 3. The highest BCUT2D eigenvalue weighted by atomic mass is 127. The van der Waals surface area contributed by atoms with E-state index in [0.29, 0.717) is 24.7 Å². The maximum atomic E-state index is 12.4. The predicted octanol–water partition coefficient (Wildman–Crippen LogP) is 3.21. The number of amides is 1. The van der Waals surface area contributed by atoms with E-state index in [1.54, 1.807) is 7.05 Å². The Kier molecular flexibility index (Phi) is 10.0. The number of hydrogen-bond acceptors (Lipinski definition) is 3. The van der Waals surface area contributed by atoms with Crippen molar-refractivity contribution in [3.05, 3.63) is 35.4 Å². The lowest BCUT2D eigenvalue weighted by Gasteiger charge is -2.24. The molecular formula is C21H33IN4O2. The van der Waals surface area contributed by atoms with Gasteiger partial charge in [-0.25, -0.2) is 0 Å². The molecular weight excluding hydrogens is 467 g/mol. The minimum absolute atomic E-state index is 0. The molecule has 1 aliphatic heterocycles. The summed E-state index contributed by atoms with van der Waals surface area (Å²) in [4.78, 5) is 16.7. The zero-order valence-electron chi connectivity index (χ0n) is 16.7. The van der Waals surface area contributed by atoms with Crippen LogP contribution >= 0.6 is 24.0 Å². The smallest absolute Gasteiger partial charge is 0.251 e. The number of benzene rings is 1. The number of nitrogens with zero attached hydrogens (tertiary/aromatic N) is 1. The molecule has 1 aliphatic carbocycles. The van der Waals surface area contributed by atoms with Crippen LogP contribution in [0.2, 0.25) is 0 Å². The standard InChI is InChI=1S/C21H32N4O2.HI/c1-22-21(25-18-9-3-2-4-10-18)24-14-16-7-5-8-17(13-16)20(26)23-15-19-11-6-12-27-19;/h5,7-8,13,18-19H,2-4,6,9-12,14-15H2,1H3,(H,23,26)(H2,22,24,25);1H. The summed E-state index contributed by atoms with van der Waals surface area (Å²) in [6.45, 7) is 2.02. The zero-order chi connectivity index (χ0) is 18.9. The van der Waals surface area contributed by atoms with Crippen LogP contribution in [0.15, 0.2) is 29.3 Å². The molecule has 28 heavy (non-hydrogen) atoms. The SMILES string of the molecule is CN=C(NCc1cccc(C(=O)NCC2CCCO2)c1)NC1CCCCC1.I. The second kappa shape index (κ2) is 12.3. The third-order valence-electron chi connectivity index (χ3n) is 5.33. The molecule has 1 aromatic carbocycles. The van der Waals surface area contributed by atoms with Crippen molar-refractivity contribution < 1.29 is 9.53 Å². The van der Waals surface area contributed by atoms with Crippen molar-refractivity contribution in [1.29, 1.82) is 0 Å². The number of rotatable bonds is 6. The molecule has 1 atom stereocenters. The predicted molar refractivity (Wildman–Crippen MR) is 123 cm³/mol. The normalized spacial score (nSPS) is 20.3. The van der Waals surface area contributed by atoms with Crippen LogP contribution in [-0.4, -0.2) is 44.2 Å². The summed E-state index contributed by atoms with van der Waals surface area (Å²) in [6, 6.07) is 8.25. The lowest BCUT2D eigenvalue weighted by molar-refractivity contribution is 0.0857. The van der Waals surface area contributed by atoms with Gasteiger partial charge in [-0.2, -0.15) is 0 Å². The van der Waals surface area contributed by atoms with E-state index in [1.807, 2.05) is 24.3 Å². The quantitative estimate of drug-likeness (QED) is 0.319. The van der Waals surface area contributed by atoms with E-state index >= 15 is 0 Å². The third kappa shape index (κ3) is 7.24. The van der Waals surface area contributed by atoms with Crippen LogP contribution in [0.3, 0.4) is 0 Å². The van der Waals surface area contributed by atoms with Gasteiger partial charge in [-0.15, -0.1) is 24.0 Å². The Balaban J connectivity index is 0.00000280. The molecule has 0 spiro atoms. The van der Waals surface area contributed by atoms with Crippen LogP contribution in [-0.2, 0) is 11.3 Å². The van der Waals surface area contributed by atoms with Gasteiger partial charge in [0.1, 0.15) is 0 Å². The van der Waals surface area contributed by atoms with E-state index < -0.39 is 0 Å². The second-order valence-electron chi connectivity index (χ2n) is 7.45. The molecule has 156 valence electrons. The van der Waals surface area contributed by atoms with E-state index in [4.69, 9.17) is 4.74 Å². The number of carbonyl (C=O) groups is 1. The average Bonchev–Trinajstić information content (AvgIpc) is 3.24. The summed E-state index contributed by atoms with van der Waals surface area (Å²) < 4.78 is 5.56. The molecule has 1 heterocycles. The first-order valence-corrected chi connectivity index (χ1v) is 10.2. The van der Waals surface area contributed by atoms with Gasteiger partial charge in [0.05, 0.1) is 6.10 Å². The van der Waals surface area contributed by atoms with E-state index in [2.05, 4.69) is 20.9 Å². The second-order valence-corrected chi connectivity index (χ2v) is 7.45. The molecule has 7 heteroatoms. The van der Waals surface area contributed by atoms with Crippen LogP contribution in [0.25, 0.3) is 0 Å². The van der Waals surface area contributed by atoms with Gasteiger partial charge in [0.25, 0.3) is 5.91 Å². The number of guanidine groups is 1. The van der Waals surface area contributed by atoms with Crippen LogP contribution in [0, 0.1) is 0 Å². The summed E-state index contributed by atoms with van der Waals surface area (Å²) in [6.07, 6.45) is 8.60. The molecule has 3 rings (SSSR count). The van der Waals surface area contributed by atoms with Crippen molar-refractivity contribution in [3.63, 3.8) is 0 Å². The lowest BCUT2D eigenvalue weighted by atomic mass is 9.96. The average molecular weight is 500 g/mol. The Morgan fingerprint density at radius 1 is 1.14 bits per heavy atom. The minimum Gasteiger partial charge on any atom is -0.376 e. The molecule has 1 saturated heterocycles. The first-order valence-electron chi connectivity index (χ1n) is 10.2. The van der Waals surface area contributed by atoms with Gasteiger partial charge in [0, 0.05) is 38.3 Å². The first kappa shape index (κ1) is 22.9. The molecule has 1 aromatic rings. The summed E-state index contributed by atoms with van der Waals surface area (Å²) in [5.41, 5.74) is 1.74. The van der Waals surface area contributed by atoms with Gasteiger partial charge < -0.3 is 20.7 Å². The molecule has 1 amide bonds. The maximum Gasteiger partial charge on any atom is 0.251 e. The molecule has 6 nitrogen and oxygen atoms in total. The monoisotopic (exact) mass is 500 g/mol. The number of ether oxygens (including phenoxy) is 1.